The molecule has 1 saturated heterocycles. The first-order chi connectivity index (χ1) is 11.8. The summed E-state index contributed by atoms with van der Waals surface area (Å²) in [6, 6.07) is 4.29. The zero-order valence-corrected chi connectivity index (χ0v) is 15.9. The minimum absolute atomic E-state index is 0.0690. The number of hydrogen-bond donors (Lipinski definition) is 0. The van der Waals surface area contributed by atoms with Gasteiger partial charge in [0, 0.05) is 31.2 Å². The van der Waals surface area contributed by atoms with E-state index >= 15 is 0 Å². The summed E-state index contributed by atoms with van der Waals surface area (Å²) in [5.41, 5.74) is 0.744. The van der Waals surface area contributed by atoms with Gasteiger partial charge in [-0.1, -0.05) is 0 Å². The van der Waals surface area contributed by atoms with Crippen LogP contribution in [0.3, 0.4) is 0 Å². The summed E-state index contributed by atoms with van der Waals surface area (Å²) in [6.07, 6.45) is 2.21. The zero-order chi connectivity index (χ0) is 18.2. The molecule has 1 amide bonds. The largest absolute Gasteiger partial charge is 0.481 e. The number of carbonyl (C=O) groups is 1. The summed E-state index contributed by atoms with van der Waals surface area (Å²) in [4.78, 5) is 21.1. The molecule has 6 heteroatoms. The molecule has 0 bridgehead atoms. The van der Waals surface area contributed by atoms with Crippen molar-refractivity contribution in [2.75, 3.05) is 31.6 Å². The van der Waals surface area contributed by atoms with E-state index in [1.54, 1.807) is 12.0 Å². The molecule has 25 heavy (non-hydrogen) atoms. The number of piperazine rings is 1. The summed E-state index contributed by atoms with van der Waals surface area (Å²) in [7, 11) is 1.68. The van der Waals surface area contributed by atoms with Crippen molar-refractivity contribution >= 4 is 11.9 Å². The van der Waals surface area contributed by atoms with E-state index in [4.69, 9.17) is 14.5 Å². The van der Waals surface area contributed by atoms with Gasteiger partial charge in [-0.3, -0.25) is 0 Å². The van der Waals surface area contributed by atoms with Gasteiger partial charge >= 0.3 is 6.09 Å². The van der Waals surface area contributed by atoms with Gasteiger partial charge in [-0.15, -0.1) is 0 Å². The minimum Gasteiger partial charge on any atom is -0.481 e. The highest BCUT2D eigenvalue weighted by atomic mass is 16.6. The van der Waals surface area contributed by atoms with Crippen molar-refractivity contribution in [1.82, 2.24) is 9.88 Å². The molecule has 1 aromatic rings. The summed E-state index contributed by atoms with van der Waals surface area (Å²) in [6.45, 7) is 9.83. The standard InChI is InChI=1S/C19H29N3O3/c1-13-12-21(10-11-22(13)18(23)25-19(2,3)4)16-9-8-15(14-6-7-14)17(20-16)24-5/h8-9,13-14H,6-7,10-12H2,1-5H3. The van der Waals surface area contributed by atoms with Gasteiger partial charge in [0.05, 0.1) is 7.11 Å². The number of nitrogens with zero attached hydrogens (tertiary/aromatic N) is 3. The predicted octanol–water partition coefficient (Wildman–Crippen LogP) is 3.41. The van der Waals surface area contributed by atoms with E-state index in [1.165, 1.54) is 18.4 Å². The first kappa shape index (κ1) is 17.8. The maximum Gasteiger partial charge on any atom is 0.410 e. The molecule has 138 valence electrons. The van der Waals surface area contributed by atoms with E-state index in [0.29, 0.717) is 12.5 Å². The van der Waals surface area contributed by atoms with Crippen LogP contribution in [0.15, 0.2) is 12.1 Å². The van der Waals surface area contributed by atoms with Crippen molar-refractivity contribution in [3.63, 3.8) is 0 Å². The van der Waals surface area contributed by atoms with E-state index in [2.05, 4.69) is 17.0 Å². The molecule has 1 atom stereocenters. The Kier molecular flexibility index (Phi) is 4.80. The molecular formula is C19H29N3O3. The summed E-state index contributed by atoms with van der Waals surface area (Å²) < 4.78 is 11.0. The summed E-state index contributed by atoms with van der Waals surface area (Å²) in [5.74, 6) is 2.26. The molecule has 1 aliphatic carbocycles. The molecule has 6 nitrogen and oxygen atoms in total. The summed E-state index contributed by atoms with van der Waals surface area (Å²) in [5, 5.41) is 0. The number of ether oxygens (including phenoxy) is 2. The highest BCUT2D eigenvalue weighted by Crippen LogP contribution is 2.44. The second-order valence-corrected chi connectivity index (χ2v) is 8.01. The van der Waals surface area contributed by atoms with Crippen molar-refractivity contribution in [1.29, 1.82) is 0 Å². The lowest BCUT2D eigenvalue weighted by atomic mass is 10.1. The molecule has 1 unspecified atom stereocenters. The molecule has 1 aliphatic heterocycles. The van der Waals surface area contributed by atoms with Crippen LogP contribution in [-0.2, 0) is 4.74 Å². The number of methoxy groups -OCH3 is 1. The molecule has 2 fully saturated rings. The Hall–Kier alpha value is -1.98. The highest BCUT2D eigenvalue weighted by Gasteiger charge is 2.32. The third-order valence-electron chi connectivity index (χ3n) is 4.67. The van der Waals surface area contributed by atoms with Gasteiger partial charge in [0.1, 0.15) is 11.4 Å². The number of anilines is 1. The number of amides is 1. The van der Waals surface area contributed by atoms with Crippen molar-refractivity contribution in [3.8, 4) is 5.88 Å². The number of carbonyl (C=O) groups excluding carboxylic acids is 1. The van der Waals surface area contributed by atoms with Crippen molar-refractivity contribution in [3.05, 3.63) is 17.7 Å². The second-order valence-electron chi connectivity index (χ2n) is 8.01. The number of rotatable bonds is 3. The fourth-order valence-electron chi connectivity index (χ4n) is 3.24. The van der Waals surface area contributed by atoms with Crippen LogP contribution in [0, 0.1) is 0 Å². The molecular weight excluding hydrogens is 318 g/mol. The SMILES string of the molecule is COc1nc(N2CCN(C(=O)OC(C)(C)C)C(C)C2)ccc1C1CC1. The van der Waals surface area contributed by atoms with Crippen LogP contribution < -0.4 is 9.64 Å². The quantitative estimate of drug-likeness (QED) is 0.839. The van der Waals surface area contributed by atoms with Crippen molar-refractivity contribution in [2.45, 2.75) is 58.1 Å². The number of pyridine rings is 1. The van der Waals surface area contributed by atoms with Gasteiger partial charge in [0.15, 0.2) is 0 Å². The third kappa shape index (κ3) is 4.17. The van der Waals surface area contributed by atoms with Crippen LogP contribution in [0.5, 0.6) is 5.88 Å². The topological polar surface area (TPSA) is 54.9 Å². The van der Waals surface area contributed by atoms with Crippen LogP contribution in [0.25, 0.3) is 0 Å². The van der Waals surface area contributed by atoms with Crippen LogP contribution in [0.2, 0.25) is 0 Å². The van der Waals surface area contributed by atoms with E-state index < -0.39 is 5.60 Å². The number of aromatic nitrogens is 1. The predicted molar refractivity (Wildman–Crippen MR) is 97.4 cm³/mol. The van der Waals surface area contributed by atoms with E-state index in [0.717, 1.165) is 24.8 Å². The van der Waals surface area contributed by atoms with Crippen molar-refractivity contribution in [2.24, 2.45) is 0 Å². The van der Waals surface area contributed by atoms with Crippen LogP contribution in [0.4, 0.5) is 10.6 Å². The Morgan fingerprint density at radius 3 is 2.52 bits per heavy atom. The maximum absolute atomic E-state index is 12.3. The average Bonchev–Trinajstić information content (AvgIpc) is 3.37. The van der Waals surface area contributed by atoms with E-state index in [1.807, 2.05) is 27.7 Å². The molecule has 1 saturated carbocycles. The molecule has 1 aromatic heterocycles. The molecule has 3 rings (SSSR count). The van der Waals surface area contributed by atoms with Crippen LogP contribution >= 0.6 is 0 Å². The molecule has 0 N–H and O–H groups in total. The summed E-state index contributed by atoms with van der Waals surface area (Å²) >= 11 is 0. The van der Waals surface area contributed by atoms with Crippen LogP contribution in [-0.4, -0.2) is 54.4 Å². The third-order valence-corrected chi connectivity index (χ3v) is 4.67. The lowest BCUT2D eigenvalue weighted by Gasteiger charge is -2.40. The Morgan fingerprint density at radius 2 is 1.96 bits per heavy atom. The normalized spacial score (nSPS) is 21.2. The first-order valence-corrected chi connectivity index (χ1v) is 9.08. The van der Waals surface area contributed by atoms with E-state index in [9.17, 15) is 4.79 Å². The van der Waals surface area contributed by atoms with Gasteiger partial charge in [0.2, 0.25) is 5.88 Å². The fraction of sp³-hybridized carbons (Fsp3) is 0.684. The molecule has 2 aliphatic rings. The maximum atomic E-state index is 12.3. The second kappa shape index (κ2) is 6.73. The molecule has 0 radical (unpaired) electrons. The average molecular weight is 347 g/mol. The Bertz CT molecular complexity index is 637. The fourth-order valence-corrected chi connectivity index (χ4v) is 3.24. The van der Waals surface area contributed by atoms with Gasteiger partial charge in [-0.2, -0.15) is 4.98 Å². The van der Waals surface area contributed by atoms with Gasteiger partial charge in [-0.05, 0) is 58.6 Å². The minimum atomic E-state index is -0.471. The lowest BCUT2D eigenvalue weighted by molar-refractivity contribution is 0.0158. The smallest absolute Gasteiger partial charge is 0.410 e. The van der Waals surface area contributed by atoms with E-state index in [-0.39, 0.29) is 12.1 Å². The van der Waals surface area contributed by atoms with Gasteiger partial charge in [0.25, 0.3) is 0 Å². The Labute approximate surface area is 150 Å². The highest BCUT2D eigenvalue weighted by molar-refractivity contribution is 5.69. The number of hydrogen-bond acceptors (Lipinski definition) is 5. The molecule has 0 aromatic carbocycles. The van der Waals surface area contributed by atoms with Gasteiger partial charge < -0.3 is 19.3 Å². The van der Waals surface area contributed by atoms with Crippen molar-refractivity contribution < 1.29 is 14.3 Å². The lowest BCUT2D eigenvalue weighted by Crippen LogP contribution is -2.55. The monoisotopic (exact) mass is 347 g/mol. The molecule has 0 spiro atoms. The Balaban J connectivity index is 1.67. The molecule has 2 heterocycles. The van der Waals surface area contributed by atoms with Gasteiger partial charge in [-0.25, -0.2) is 4.79 Å². The first-order valence-electron chi connectivity index (χ1n) is 9.08. The zero-order valence-electron chi connectivity index (χ0n) is 15.9. The van der Waals surface area contributed by atoms with Crippen LogP contribution in [0.1, 0.15) is 52.0 Å². The Morgan fingerprint density at radius 1 is 1.24 bits per heavy atom.